The second kappa shape index (κ2) is 9.64. The third-order valence-corrected chi connectivity index (χ3v) is 8.70. The van der Waals surface area contributed by atoms with Gasteiger partial charge in [0, 0.05) is 12.1 Å². The summed E-state index contributed by atoms with van der Waals surface area (Å²) in [5.74, 6) is 1.37. The highest BCUT2D eigenvalue weighted by molar-refractivity contribution is 5.81. The molecular weight excluding hydrogens is 464 g/mol. The molecule has 0 bridgehead atoms. The first-order valence-electron chi connectivity index (χ1n) is 13.7. The van der Waals surface area contributed by atoms with Gasteiger partial charge >= 0.3 is 5.97 Å². The van der Waals surface area contributed by atoms with Crippen molar-refractivity contribution in [3.05, 3.63) is 71.9 Å². The summed E-state index contributed by atoms with van der Waals surface area (Å²) >= 11 is 0. The minimum Gasteiger partial charge on any atom is -0.497 e. The highest BCUT2D eigenvalue weighted by Crippen LogP contribution is 2.51. The number of carbonyl (C=O) groups is 1. The molecule has 0 saturated heterocycles. The van der Waals surface area contributed by atoms with Crippen molar-refractivity contribution in [1.29, 1.82) is 0 Å². The predicted octanol–water partition coefficient (Wildman–Crippen LogP) is 6.19. The van der Waals surface area contributed by atoms with Gasteiger partial charge in [-0.05, 0) is 99.1 Å². The molecule has 0 spiro atoms. The van der Waals surface area contributed by atoms with Crippen molar-refractivity contribution in [2.24, 2.45) is 11.8 Å². The van der Waals surface area contributed by atoms with Gasteiger partial charge in [0.05, 0.1) is 30.5 Å². The SMILES string of the molecule is COc1ccc(-c2cc([C@]3(OCC4CC4)CC[C@](C(=O)O)(c4ccccc4)CC3)n(CC3CC3)n2)cc1. The van der Waals surface area contributed by atoms with E-state index in [1.54, 1.807) is 7.11 Å². The van der Waals surface area contributed by atoms with E-state index in [4.69, 9.17) is 14.6 Å². The first-order valence-corrected chi connectivity index (χ1v) is 13.7. The van der Waals surface area contributed by atoms with Crippen LogP contribution in [0, 0.1) is 11.8 Å². The van der Waals surface area contributed by atoms with E-state index in [1.807, 2.05) is 42.5 Å². The fourth-order valence-electron chi connectivity index (χ4n) is 5.87. The first kappa shape index (κ1) is 24.2. The maximum absolute atomic E-state index is 12.7. The molecule has 0 unspecified atom stereocenters. The molecule has 0 amide bonds. The summed E-state index contributed by atoms with van der Waals surface area (Å²) in [4.78, 5) is 12.7. The maximum Gasteiger partial charge on any atom is 0.314 e. The van der Waals surface area contributed by atoms with E-state index in [0.717, 1.165) is 41.4 Å². The van der Waals surface area contributed by atoms with Crippen LogP contribution in [0.25, 0.3) is 11.3 Å². The van der Waals surface area contributed by atoms with Crippen molar-refractivity contribution in [3.63, 3.8) is 0 Å². The Hall–Kier alpha value is -3.12. The Labute approximate surface area is 218 Å². The number of methoxy groups -OCH3 is 1. The number of rotatable bonds is 10. The van der Waals surface area contributed by atoms with Crippen molar-refractivity contribution >= 4 is 5.97 Å². The Morgan fingerprint density at radius 3 is 2.24 bits per heavy atom. The van der Waals surface area contributed by atoms with Crippen LogP contribution in [0.3, 0.4) is 0 Å². The summed E-state index contributed by atoms with van der Waals surface area (Å²) in [5, 5.41) is 15.5. The number of carboxylic acids is 1. The van der Waals surface area contributed by atoms with Gasteiger partial charge in [-0.2, -0.15) is 5.10 Å². The van der Waals surface area contributed by atoms with E-state index in [0.29, 0.717) is 37.5 Å². The van der Waals surface area contributed by atoms with Crippen LogP contribution in [0.5, 0.6) is 5.75 Å². The van der Waals surface area contributed by atoms with Crippen LogP contribution in [-0.2, 0) is 27.1 Å². The Morgan fingerprint density at radius 1 is 0.973 bits per heavy atom. The molecule has 3 fully saturated rings. The molecule has 6 heteroatoms. The van der Waals surface area contributed by atoms with Crippen LogP contribution in [0.15, 0.2) is 60.7 Å². The molecule has 3 aliphatic rings. The lowest BCUT2D eigenvalue weighted by Crippen LogP contribution is -2.46. The monoisotopic (exact) mass is 500 g/mol. The van der Waals surface area contributed by atoms with E-state index in [2.05, 4.69) is 22.9 Å². The van der Waals surface area contributed by atoms with E-state index in [-0.39, 0.29) is 0 Å². The van der Waals surface area contributed by atoms with Crippen molar-refractivity contribution in [2.45, 2.75) is 68.9 Å². The summed E-state index contributed by atoms with van der Waals surface area (Å²) in [6, 6.07) is 20.0. The number of aromatic nitrogens is 2. The van der Waals surface area contributed by atoms with Gasteiger partial charge in [-0.25, -0.2) is 0 Å². The number of ether oxygens (including phenoxy) is 2. The summed E-state index contributed by atoms with van der Waals surface area (Å²) in [5.41, 5.74) is 2.58. The van der Waals surface area contributed by atoms with Crippen LogP contribution in [0.2, 0.25) is 0 Å². The van der Waals surface area contributed by atoms with Gasteiger partial charge in [0.2, 0.25) is 0 Å². The lowest BCUT2D eigenvalue weighted by Gasteiger charge is -2.44. The molecule has 3 aliphatic carbocycles. The smallest absolute Gasteiger partial charge is 0.314 e. The second-order valence-electron chi connectivity index (χ2n) is 11.3. The average Bonchev–Trinajstić information content (AvgIpc) is 3.87. The molecule has 0 radical (unpaired) electrons. The minimum absolute atomic E-state index is 0.525. The van der Waals surface area contributed by atoms with E-state index < -0.39 is 17.0 Å². The van der Waals surface area contributed by atoms with Crippen molar-refractivity contribution < 1.29 is 19.4 Å². The predicted molar refractivity (Wildman–Crippen MR) is 142 cm³/mol. The number of hydrogen-bond donors (Lipinski definition) is 1. The second-order valence-corrected chi connectivity index (χ2v) is 11.3. The largest absolute Gasteiger partial charge is 0.497 e. The van der Waals surface area contributed by atoms with Gasteiger partial charge < -0.3 is 14.6 Å². The molecule has 1 heterocycles. The summed E-state index contributed by atoms with van der Waals surface area (Å²) < 4.78 is 14.4. The Balaban J connectivity index is 1.37. The molecule has 3 aromatic rings. The van der Waals surface area contributed by atoms with E-state index in [1.165, 1.54) is 25.7 Å². The number of aliphatic carboxylic acids is 1. The molecule has 1 N–H and O–H groups in total. The highest BCUT2D eigenvalue weighted by atomic mass is 16.5. The molecule has 1 aromatic heterocycles. The topological polar surface area (TPSA) is 73.6 Å². The Kier molecular flexibility index (Phi) is 6.31. The molecule has 194 valence electrons. The zero-order valence-electron chi connectivity index (χ0n) is 21.6. The fourth-order valence-corrected chi connectivity index (χ4v) is 5.87. The van der Waals surface area contributed by atoms with Gasteiger partial charge in [0.25, 0.3) is 0 Å². The number of nitrogens with zero attached hydrogens (tertiary/aromatic N) is 2. The summed E-state index contributed by atoms with van der Waals surface area (Å²) in [6.07, 6.45) is 7.34. The molecule has 2 aromatic carbocycles. The fraction of sp³-hybridized carbons (Fsp3) is 0.484. The molecule has 6 nitrogen and oxygen atoms in total. The zero-order chi connectivity index (χ0) is 25.5. The van der Waals surface area contributed by atoms with Crippen molar-refractivity contribution in [1.82, 2.24) is 9.78 Å². The molecule has 0 atom stereocenters. The normalized spacial score (nSPS) is 25.6. The Bertz CT molecular complexity index is 1230. The van der Waals surface area contributed by atoms with Crippen LogP contribution in [0.1, 0.15) is 62.6 Å². The maximum atomic E-state index is 12.7. The van der Waals surface area contributed by atoms with Gasteiger partial charge in [0.15, 0.2) is 0 Å². The zero-order valence-corrected chi connectivity index (χ0v) is 21.6. The lowest BCUT2D eigenvalue weighted by atomic mass is 9.64. The van der Waals surface area contributed by atoms with E-state index in [9.17, 15) is 9.90 Å². The molecule has 37 heavy (non-hydrogen) atoms. The van der Waals surface area contributed by atoms with Crippen molar-refractivity contribution in [3.8, 4) is 17.0 Å². The van der Waals surface area contributed by atoms with Crippen LogP contribution in [0.4, 0.5) is 0 Å². The Morgan fingerprint density at radius 2 is 1.65 bits per heavy atom. The first-order chi connectivity index (χ1) is 18.0. The van der Waals surface area contributed by atoms with Crippen LogP contribution < -0.4 is 4.74 Å². The molecular formula is C31H36N2O4. The standard InChI is InChI=1S/C31H36N2O4/c1-36-26-13-11-24(12-14-26)27-19-28(33(32-27)20-22-7-8-22)31(37-21-23-9-10-23)17-15-30(16-18-31,29(34)35)25-5-3-2-4-6-25/h2-6,11-14,19,22-23H,7-10,15-18,20-21H2,1H3,(H,34,35)/t30-,31+. The lowest BCUT2D eigenvalue weighted by molar-refractivity contribution is -0.151. The summed E-state index contributed by atoms with van der Waals surface area (Å²) in [7, 11) is 1.67. The van der Waals surface area contributed by atoms with E-state index >= 15 is 0 Å². The molecule has 3 saturated carbocycles. The molecule has 0 aliphatic heterocycles. The van der Waals surface area contributed by atoms with Gasteiger partial charge in [-0.15, -0.1) is 0 Å². The molecule has 6 rings (SSSR count). The van der Waals surface area contributed by atoms with Crippen LogP contribution in [-0.4, -0.2) is 34.6 Å². The summed E-state index contributed by atoms with van der Waals surface area (Å²) in [6.45, 7) is 1.63. The quantitative estimate of drug-likeness (QED) is 0.359. The van der Waals surface area contributed by atoms with Gasteiger partial charge in [-0.1, -0.05) is 30.3 Å². The van der Waals surface area contributed by atoms with Crippen molar-refractivity contribution in [2.75, 3.05) is 13.7 Å². The van der Waals surface area contributed by atoms with Gasteiger partial charge in [0.1, 0.15) is 11.4 Å². The van der Waals surface area contributed by atoms with Crippen LogP contribution >= 0.6 is 0 Å². The highest BCUT2D eigenvalue weighted by Gasteiger charge is 2.51. The average molecular weight is 501 g/mol. The number of benzene rings is 2. The van der Waals surface area contributed by atoms with Gasteiger partial charge in [-0.3, -0.25) is 9.48 Å². The number of hydrogen-bond acceptors (Lipinski definition) is 4. The third-order valence-electron chi connectivity index (χ3n) is 8.70. The third kappa shape index (κ3) is 4.79. The minimum atomic E-state index is -0.881. The number of carboxylic acid groups (broad SMARTS) is 1.